The van der Waals surface area contributed by atoms with Crippen molar-refractivity contribution in [2.45, 2.75) is 50.0 Å². The summed E-state index contributed by atoms with van der Waals surface area (Å²) in [4.78, 5) is 41.9. The van der Waals surface area contributed by atoms with Gasteiger partial charge in [0.25, 0.3) is 5.91 Å². The van der Waals surface area contributed by atoms with Crippen LogP contribution < -0.4 is 0 Å². The summed E-state index contributed by atoms with van der Waals surface area (Å²) < 4.78 is 29.1. The van der Waals surface area contributed by atoms with Crippen LogP contribution in [0.5, 0.6) is 0 Å². The summed E-state index contributed by atoms with van der Waals surface area (Å²) >= 11 is 1.29. The highest BCUT2D eigenvalue weighted by Gasteiger charge is 2.34. The Hall–Kier alpha value is -2.07. The van der Waals surface area contributed by atoms with Crippen LogP contribution in [-0.4, -0.2) is 85.5 Å². The van der Waals surface area contributed by atoms with Gasteiger partial charge in [-0.05, 0) is 37.8 Å². The number of carbonyl (C=O) groups is 3. The van der Waals surface area contributed by atoms with Gasteiger partial charge < -0.3 is 14.5 Å². The lowest BCUT2D eigenvalue weighted by molar-refractivity contribution is -0.136. The van der Waals surface area contributed by atoms with E-state index in [0.29, 0.717) is 23.4 Å². The Morgan fingerprint density at radius 1 is 1.18 bits per heavy atom. The van der Waals surface area contributed by atoms with E-state index >= 15 is 0 Å². The first-order valence-corrected chi connectivity index (χ1v) is 14.3. The third-order valence-corrected chi connectivity index (χ3v) is 8.77. The number of sulfone groups is 1. The molecule has 0 bridgehead atoms. The fourth-order valence-corrected chi connectivity index (χ4v) is 6.78. The first-order chi connectivity index (χ1) is 15.8. The maximum atomic E-state index is 12.8. The van der Waals surface area contributed by atoms with Gasteiger partial charge in [0.05, 0.1) is 22.8 Å². The van der Waals surface area contributed by atoms with E-state index in [2.05, 4.69) is 0 Å². The number of nitrogens with zero attached hydrogens (tertiary/aromatic N) is 2. The molecule has 0 aromatic heterocycles. The molecule has 2 saturated heterocycles. The largest absolute Gasteiger partial charge is 0.452 e. The number of hydrogen-bond acceptors (Lipinski definition) is 7. The first-order valence-electron chi connectivity index (χ1n) is 11.5. The molecule has 8 nitrogen and oxygen atoms in total. The van der Waals surface area contributed by atoms with Crippen LogP contribution in [0, 0.1) is 0 Å². The zero-order chi connectivity index (χ0) is 23.8. The molecule has 2 fully saturated rings. The van der Waals surface area contributed by atoms with Crippen molar-refractivity contribution >= 4 is 39.4 Å². The fraction of sp³-hybridized carbons (Fsp3) is 0.609. The average molecular weight is 497 g/mol. The molecule has 1 aromatic carbocycles. The smallest absolute Gasteiger partial charge is 0.339 e. The normalized spacial score (nSPS) is 19.4. The van der Waals surface area contributed by atoms with Crippen LogP contribution in [0.25, 0.3) is 0 Å². The number of likely N-dealkylation sites (tertiary alicyclic amines) is 1. The fourth-order valence-electron chi connectivity index (χ4n) is 4.11. The zero-order valence-electron chi connectivity index (χ0n) is 19.0. The molecule has 2 aliphatic rings. The first kappa shape index (κ1) is 25.6. The van der Waals surface area contributed by atoms with E-state index in [4.69, 9.17) is 4.74 Å². The van der Waals surface area contributed by atoms with Gasteiger partial charge in [0.1, 0.15) is 0 Å². The number of thioether (sulfide) groups is 1. The summed E-state index contributed by atoms with van der Waals surface area (Å²) in [5.41, 5.74) is 0.313. The number of unbranched alkanes of at least 4 members (excludes halogenated alkanes) is 1. The molecule has 0 spiro atoms. The minimum atomic E-state index is -3.13. The highest BCUT2D eigenvalue weighted by atomic mass is 32.2. The molecule has 2 amide bonds. The molecule has 1 atom stereocenters. The molecule has 182 valence electrons. The second-order valence-electron chi connectivity index (χ2n) is 8.45. The van der Waals surface area contributed by atoms with Crippen molar-refractivity contribution in [3.8, 4) is 0 Å². The van der Waals surface area contributed by atoms with E-state index in [-0.39, 0.29) is 35.1 Å². The molecule has 33 heavy (non-hydrogen) atoms. The Balaban J connectivity index is 1.58. The Bertz CT molecular complexity index is 959. The monoisotopic (exact) mass is 496 g/mol. The van der Waals surface area contributed by atoms with Crippen LogP contribution in [0.1, 0.15) is 49.4 Å². The molecular weight excluding hydrogens is 464 g/mol. The number of ether oxygens (including phenoxy) is 1. The lowest BCUT2D eigenvalue weighted by Crippen LogP contribution is -2.43. The standard InChI is InChI=1S/C23H32N2O6S2/c1-2-3-13-25(18-10-14-33(29,30)17-18)21(26)15-31-23(28)19-8-4-5-9-20(19)32-16-22(27)24-11-6-7-12-24/h4-5,8-9,18H,2-3,6-7,10-17H2,1H3. The number of amides is 2. The number of hydrogen-bond donors (Lipinski definition) is 0. The van der Waals surface area contributed by atoms with Crippen molar-refractivity contribution in [2.75, 3.05) is 43.5 Å². The van der Waals surface area contributed by atoms with Crippen molar-refractivity contribution in [3.05, 3.63) is 29.8 Å². The van der Waals surface area contributed by atoms with E-state index < -0.39 is 22.4 Å². The van der Waals surface area contributed by atoms with Crippen molar-refractivity contribution in [2.24, 2.45) is 0 Å². The van der Waals surface area contributed by atoms with Gasteiger partial charge in [-0.25, -0.2) is 13.2 Å². The number of carbonyl (C=O) groups excluding carboxylic acids is 3. The van der Waals surface area contributed by atoms with Crippen LogP contribution in [0.4, 0.5) is 0 Å². The van der Waals surface area contributed by atoms with E-state index in [1.54, 1.807) is 29.2 Å². The molecule has 0 aliphatic carbocycles. The SMILES string of the molecule is CCCCN(C(=O)COC(=O)c1ccccc1SCC(=O)N1CCCC1)C1CCS(=O)(=O)C1. The summed E-state index contributed by atoms with van der Waals surface area (Å²) in [5, 5.41) is 0. The molecule has 2 heterocycles. The van der Waals surface area contributed by atoms with E-state index in [0.717, 1.165) is 38.8 Å². The van der Waals surface area contributed by atoms with Gasteiger partial charge in [0.15, 0.2) is 16.4 Å². The maximum absolute atomic E-state index is 12.8. The lowest BCUT2D eigenvalue weighted by atomic mass is 10.2. The van der Waals surface area contributed by atoms with E-state index in [1.165, 1.54) is 11.8 Å². The van der Waals surface area contributed by atoms with Crippen molar-refractivity contribution in [3.63, 3.8) is 0 Å². The highest BCUT2D eigenvalue weighted by Crippen LogP contribution is 2.25. The number of esters is 1. The van der Waals surface area contributed by atoms with E-state index in [1.807, 2.05) is 11.8 Å². The molecule has 3 rings (SSSR count). The third-order valence-electron chi connectivity index (χ3n) is 5.97. The molecule has 0 saturated carbocycles. The zero-order valence-corrected chi connectivity index (χ0v) is 20.7. The summed E-state index contributed by atoms with van der Waals surface area (Å²) in [7, 11) is -3.13. The minimum Gasteiger partial charge on any atom is -0.452 e. The Morgan fingerprint density at radius 2 is 1.91 bits per heavy atom. The van der Waals surface area contributed by atoms with Crippen LogP contribution in [0.2, 0.25) is 0 Å². The van der Waals surface area contributed by atoms with Gasteiger partial charge >= 0.3 is 5.97 Å². The van der Waals surface area contributed by atoms with Crippen LogP contribution in [-0.2, 0) is 24.2 Å². The Kier molecular flexibility index (Phi) is 9.19. The Morgan fingerprint density at radius 3 is 2.58 bits per heavy atom. The van der Waals surface area contributed by atoms with Gasteiger partial charge in [0.2, 0.25) is 5.91 Å². The molecule has 1 unspecified atom stereocenters. The van der Waals surface area contributed by atoms with Gasteiger partial charge in [-0.2, -0.15) is 0 Å². The van der Waals surface area contributed by atoms with E-state index in [9.17, 15) is 22.8 Å². The average Bonchev–Trinajstić information content (AvgIpc) is 3.46. The van der Waals surface area contributed by atoms with Gasteiger partial charge in [0, 0.05) is 30.6 Å². The third kappa shape index (κ3) is 7.20. The summed E-state index contributed by atoms with van der Waals surface area (Å²) in [6.07, 6.45) is 4.08. The molecule has 10 heteroatoms. The predicted octanol–water partition coefficient (Wildman–Crippen LogP) is 2.37. The maximum Gasteiger partial charge on any atom is 0.339 e. The van der Waals surface area contributed by atoms with Crippen LogP contribution in [0.3, 0.4) is 0 Å². The Labute approximate surface area is 199 Å². The lowest BCUT2D eigenvalue weighted by Gasteiger charge is -2.28. The second kappa shape index (κ2) is 11.9. The highest BCUT2D eigenvalue weighted by molar-refractivity contribution is 8.00. The molecule has 1 aromatic rings. The number of benzene rings is 1. The summed E-state index contributed by atoms with van der Waals surface area (Å²) in [6.45, 7) is 3.56. The van der Waals surface area contributed by atoms with Crippen molar-refractivity contribution < 1.29 is 27.5 Å². The quantitative estimate of drug-likeness (QED) is 0.362. The molecular formula is C23H32N2O6S2. The van der Waals surface area contributed by atoms with Gasteiger partial charge in [-0.1, -0.05) is 25.5 Å². The molecule has 0 N–H and O–H groups in total. The van der Waals surface area contributed by atoms with Crippen LogP contribution >= 0.6 is 11.8 Å². The summed E-state index contributed by atoms with van der Waals surface area (Å²) in [5.74, 6) is -0.684. The van der Waals surface area contributed by atoms with Crippen molar-refractivity contribution in [1.29, 1.82) is 0 Å². The van der Waals surface area contributed by atoms with Crippen molar-refractivity contribution in [1.82, 2.24) is 9.80 Å². The van der Waals surface area contributed by atoms with Gasteiger partial charge in [-0.15, -0.1) is 11.8 Å². The molecule has 0 radical (unpaired) electrons. The number of rotatable bonds is 10. The minimum absolute atomic E-state index is 0.0408. The predicted molar refractivity (Wildman–Crippen MR) is 127 cm³/mol. The van der Waals surface area contributed by atoms with Gasteiger partial charge in [-0.3, -0.25) is 9.59 Å². The molecule has 2 aliphatic heterocycles. The summed E-state index contributed by atoms with van der Waals surface area (Å²) in [6, 6.07) is 6.51. The van der Waals surface area contributed by atoms with Crippen LogP contribution in [0.15, 0.2) is 29.2 Å². The topological polar surface area (TPSA) is 101 Å². The second-order valence-corrected chi connectivity index (χ2v) is 11.7.